The maximum absolute atomic E-state index is 11.3. The van der Waals surface area contributed by atoms with E-state index in [2.05, 4.69) is 0 Å². The molecule has 0 N–H and O–H groups in total. The van der Waals surface area contributed by atoms with Gasteiger partial charge in [0.25, 0.3) is 5.69 Å². The van der Waals surface area contributed by atoms with Crippen LogP contribution in [-0.4, -0.2) is 4.92 Å². The van der Waals surface area contributed by atoms with E-state index < -0.39 is 5.92 Å². The Labute approximate surface area is 127 Å². The Morgan fingerprint density at radius 2 is 1.45 bits per heavy atom. The van der Waals surface area contributed by atoms with Gasteiger partial charge in [-0.2, -0.15) is 0 Å². The molecule has 3 aromatic rings. The second-order valence-corrected chi connectivity index (χ2v) is 5.15. The molecule has 22 heavy (non-hydrogen) atoms. The fourth-order valence-electron chi connectivity index (χ4n) is 2.56. The second kappa shape index (κ2) is 5.52. The number of hydrogen-bond donors (Lipinski definition) is 0. The highest BCUT2D eigenvalue weighted by atomic mass is 16.6. The van der Waals surface area contributed by atoms with Crippen molar-refractivity contribution in [2.45, 2.75) is 19.8 Å². The molecule has 1 aromatic carbocycles. The smallest absolute Gasteiger partial charge is 0.273 e. The summed E-state index contributed by atoms with van der Waals surface area (Å²) in [7, 11) is 0. The Balaban J connectivity index is 2.20. The number of nitro groups is 1. The van der Waals surface area contributed by atoms with Crippen LogP contribution in [0.25, 0.3) is 0 Å². The molecule has 5 heteroatoms. The number of para-hydroxylation sites is 1. The summed E-state index contributed by atoms with van der Waals surface area (Å²) in [6.45, 7) is 3.68. The standard InChI is InChI=1S/C17H15NO4/c1-11-7-9-15(21-11)17(16-10-8-12(2)22-16)13-5-3-4-6-14(13)18(19)20/h3-10,17H,1-2H3. The topological polar surface area (TPSA) is 69.4 Å². The third-order valence-electron chi connectivity index (χ3n) is 3.54. The molecule has 0 aliphatic heterocycles. The van der Waals surface area contributed by atoms with Gasteiger partial charge in [-0.3, -0.25) is 10.1 Å². The molecule has 0 saturated carbocycles. The van der Waals surface area contributed by atoms with Crippen LogP contribution in [0, 0.1) is 24.0 Å². The Bertz CT molecular complexity index is 775. The van der Waals surface area contributed by atoms with Crippen LogP contribution in [0.1, 0.15) is 34.5 Å². The summed E-state index contributed by atoms with van der Waals surface area (Å²) in [6.07, 6.45) is 0. The normalized spacial score (nSPS) is 11.0. The minimum atomic E-state index is -0.441. The molecule has 0 bridgehead atoms. The predicted octanol–water partition coefficient (Wildman–Crippen LogP) is 4.58. The molecule has 0 radical (unpaired) electrons. The van der Waals surface area contributed by atoms with Gasteiger partial charge in [0.1, 0.15) is 29.0 Å². The first-order valence-electron chi connectivity index (χ1n) is 6.92. The van der Waals surface area contributed by atoms with E-state index in [0.717, 1.165) is 11.5 Å². The van der Waals surface area contributed by atoms with Crippen LogP contribution < -0.4 is 0 Å². The lowest BCUT2D eigenvalue weighted by atomic mass is 9.92. The molecule has 0 atom stereocenters. The van der Waals surface area contributed by atoms with Gasteiger partial charge in [-0.25, -0.2) is 0 Å². The lowest BCUT2D eigenvalue weighted by Crippen LogP contribution is -2.05. The molecule has 112 valence electrons. The van der Waals surface area contributed by atoms with Crippen LogP contribution in [0.5, 0.6) is 0 Å². The van der Waals surface area contributed by atoms with Crippen molar-refractivity contribution in [3.05, 3.63) is 87.2 Å². The van der Waals surface area contributed by atoms with Crippen molar-refractivity contribution in [1.29, 1.82) is 0 Å². The third kappa shape index (κ3) is 2.53. The quantitative estimate of drug-likeness (QED) is 0.522. The molecular formula is C17H15NO4. The molecule has 0 aliphatic rings. The fraction of sp³-hybridized carbons (Fsp3) is 0.176. The van der Waals surface area contributed by atoms with Gasteiger partial charge < -0.3 is 8.83 Å². The molecule has 0 amide bonds. The Morgan fingerprint density at radius 1 is 0.909 bits per heavy atom. The predicted molar refractivity (Wildman–Crippen MR) is 80.9 cm³/mol. The first-order chi connectivity index (χ1) is 10.6. The van der Waals surface area contributed by atoms with Gasteiger partial charge in [-0.05, 0) is 38.1 Å². The maximum atomic E-state index is 11.3. The fourth-order valence-corrected chi connectivity index (χ4v) is 2.56. The summed E-state index contributed by atoms with van der Waals surface area (Å²) in [4.78, 5) is 11.0. The van der Waals surface area contributed by atoms with E-state index in [-0.39, 0.29) is 10.6 Å². The molecular weight excluding hydrogens is 282 g/mol. The summed E-state index contributed by atoms with van der Waals surface area (Å²) >= 11 is 0. The number of nitrogens with zero attached hydrogens (tertiary/aromatic N) is 1. The molecule has 0 fully saturated rings. The minimum Gasteiger partial charge on any atom is -0.465 e. The van der Waals surface area contributed by atoms with Gasteiger partial charge in [0.05, 0.1) is 4.92 Å². The van der Waals surface area contributed by atoms with E-state index in [4.69, 9.17) is 8.83 Å². The van der Waals surface area contributed by atoms with E-state index in [9.17, 15) is 10.1 Å². The van der Waals surface area contributed by atoms with Gasteiger partial charge in [0, 0.05) is 11.6 Å². The van der Waals surface area contributed by atoms with Gasteiger partial charge in [-0.1, -0.05) is 18.2 Å². The summed E-state index contributed by atoms with van der Waals surface area (Å²) in [5.41, 5.74) is 0.604. The number of hydrogen-bond acceptors (Lipinski definition) is 4. The molecule has 0 spiro atoms. The van der Waals surface area contributed by atoms with Crippen LogP contribution in [0.4, 0.5) is 5.69 Å². The van der Waals surface area contributed by atoms with Crippen molar-refractivity contribution < 1.29 is 13.8 Å². The third-order valence-corrected chi connectivity index (χ3v) is 3.54. The zero-order valence-corrected chi connectivity index (χ0v) is 12.3. The number of nitro benzene ring substituents is 1. The Morgan fingerprint density at radius 3 is 1.91 bits per heavy atom. The van der Waals surface area contributed by atoms with Crippen LogP contribution in [0.2, 0.25) is 0 Å². The zero-order valence-electron chi connectivity index (χ0n) is 12.3. The maximum Gasteiger partial charge on any atom is 0.273 e. The number of furan rings is 2. The zero-order chi connectivity index (χ0) is 15.7. The number of rotatable bonds is 4. The van der Waals surface area contributed by atoms with Crippen molar-refractivity contribution in [3.63, 3.8) is 0 Å². The van der Waals surface area contributed by atoms with Gasteiger partial charge in [-0.15, -0.1) is 0 Å². The molecule has 0 saturated heterocycles. The van der Waals surface area contributed by atoms with Gasteiger partial charge >= 0.3 is 0 Å². The molecule has 0 aliphatic carbocycles. The minimum absolute atomic E-state index is 0.0515. The van der Waals surface area contributed by atoms with E-state index in [1.165, 1.54) is 6.07 Å². The summed E-state index contributed by atoms with van der Waals surface area (Å²) < 4.78 is 11.4. The first kappa shape index (κ1) is 14.1. The lowest BCUT2D eigenvalue weighted by Gasteiger charge is -2.13. The van der Waals surface area contributed by atoms with Gasteiger partial charge in [0.2, 0.25) is 0 Å². The van der Waals surface area contributed by atoms with Crippen molar-refractivity contribution in [2.75, 3.05) is 0 Å². The van der Waals surface area contributed by atoms with Crippen molar-refractivity contribution in [3.8, 4) is 0 Å². The molecule has 5 nitrogen and oxygen atoms in total. The van der Waals surface area contributed by atoms with Crippen molar-refractivity contribution in [1.82, 2.24) is 0 Å². The van der Waals surface area contributed by atoms with Crippen molar-refractivity contribution in [2.24, 2.45) is 0 Å². The molecule has 3 rings (SSSR count). The van der Waals surface area contributed by atoms with E-state index in [0.29, 0.717) is 17.1 Å². The van der Waals surface area contributed by atoms with Crippen molar-refractivity contribution >= 4 is 5.69 Å². The average Bonchev–Trinajstić information content (AvgIpc) is 3.09. The Hall–Kier alpha value is -2.82. The number of aryl methyl sites for hydroxylation is 2. The first-order valence-corrected chi connectivity index (χ1v) is 6.92. The van der Waals surface area contributed by atoms with Crippen LogP contribution in [-0.2, 0) is 0 Å². The second-order valence-electron chi connectivity index (χ2n) is 5.15. The largest absolute Gasteiger partial charge is 0.465 e. The summed E-state index contributed by atoms with van der Waals surface area (Å²) in [5.74, 6) is 2.31. The van der Waals surface area contributed by atoms with Crippen LogP contribution >= 0.6 is 0 Å². The van der Waals surface area contributed by atoms with E-state index in [1.807, 2.05) is 38.1 Å². The molecule has 2 aromatic heterocycles. The average molecular weight is 297 g/mol. The highest BCUT2D eigenvalue weighted by molar-refractivity contribution is 5.49. The lowest BCUT2D eigenvalue weighted by molar-refractivity contribution is -0.385. The molecule has 2 heterocycles. The Kier molecular flexibility index (Phi) is 3.55. The van der Waals surface area contributed by atoms with Crippen LogP contribution in [0.15, 0.2) is 57.4 Å². The summed E-state index contributed by atoms with van der Waals surface area (Å²) in [6, 6.07) is 14.0. The monoisotopic (exact) mass is 297 g/mol. The molecule has 0 unspecified atom stereocenters. The highest BCUT2D eigenvalue weighted by Crippen LogP contribution is 2.38. The highest BCUT2D eigenvalue weighted by Gasteiger charge is 2.29. The number of benzene rings is 1. The van der Waals surface area contributed by atoms with E-state index >= 15 is 0 Å². The van der Waals surface area contributed by atoms with E-state index in [1.54, 1.807) is 18.2 Å². The SMILES string of the molecule is Cc1ccc(C(c2ccc(C)o2)c2ccccc2[N+](=O)[O-])o1. The van der Waals surface area contributed by atoms with Gasteiger partial charge in [0.15, 0.2) is 0 Å². The van der Waals surface area contributed by atoms with Crippen LogP contribution in [0.3, 0.4) is 0 Å². The summed E-state index contributed by atoms with van der Waals surface area (Å²) in [5, 5.41) is 11.3.